The molecule has 0 radical (unpaired) electrons. The maximum Gasteiger partial charge on any atom is 0.0900 e. The van der Waals surface area contributed by atoms with Crippen molar-refractivity contribution < 1.29 is 0 Å². The zero-order valence-corrected chi connectivity index (χ0v) is 27.3. The molecule has 3 heteroatoms. The Morgan fingerprint density at radius 1 is 0.480 bits per heavy atom. The van der Waals surface area contributed by atoms with Crippen LogP contribution in [0.5, 0.6) is 0 Å². The van der Waals surface area contributed by atoms with Gasteiger partial charge in [-0.15, -0.1) is 0 Å². The van der Waals surface area contributed by atoms with Crippen LogP contribution in [-0.2, 0) is 0 Å². The molecule has 0 amide bonds. The fourth-order valence-corrected chi connectivity index (χ4v) is 6.97. The number of para-hydroxylation sites is 1. The van der Waals surface area contributed by atoms with E-state index in [2.05, 4.69) is 157 Å². The van der Waals surface area contributed by atoms with Crippen LogP contribution in [0.4, 0.5) is 0 Å². The summed E-state index contributed by atoms with van der Waals surface area (Å²) in [6.45, 7) is 4.55. The summed E-state index contributed by atoms with van der Waals surface area (Å²) in [5, 5.41) is 6.00. The average Bonchev–Trinajstić information content (AvgIpc) is 3.37. The van der Waals surface area contributed by atoms with E-state index in [9.17, 15) is 0 Å². The van der Waals surface area contributed by atoms with Crippen molar-refractivity contribution in [1.29, 1.82) is 0 Å². The van der Waals surface area contributed by atoms with E-state index in [-0.39, 0.29) is 0 Å². The molecule has 8 aromatic rings. The predicted molar refractivity (Wildman–Crippen MR) is 210 cm³/mol. The second kappa shape index (κ2) is 12.4. The number of aliphatic imine (C=N–C) groups is 1. The number of rotatable bonds is 5. The molecule has 1 aliphatic rings. The molecule has 3 heterocycles. The lowest BCUT2D eigenvalue weighted by molar-refractivity contribution is 1.29. The molecule has 234 valence electrons. The first-order chi connectivity index (χ1) is 24.7. The van der Waals surface area contributed by atoms with Gasteiger partial charge in [0.1, 0.15) is 0 Å². The minimum Gasteiger partial charge on any atom is -0.255 e. The van der Waals surface area contributed by atoms with Crippen molar-refractivity contribution >= 4 is 49.4 Å². The molecule has 50 heavy (non-hydrogen) atoms. The van der Waals surface area contributed by atoms with Gasteiger partial charge in [-0.05, 0) is 75.0 Å². The van der Waals surface area contributed by atoms with Crippen LogP contribution >= 0.6 is 0 Å². The Kier molecular flexibility index (Phi) is 7.29. The van der Waals surface area contributed by atoms with Crippen molar-refractivity contribution in [2.24, 2.45) is 4.99 Å². The number of nitrogens with zero attached hydrogens (tertiary/aromatic N) is 3. The summed E-state index contributed by atoms with van der Waals surface area (Å²) in [6, 6.07) is 55.0. The first kappa shape index (κ1) is 29.4. The van der Waals surface area contributed by atoms with Crippen LogP contribution < -0.4 is 0 Å². The van der Waals surface area contributed by atoms with Gasteiger partial charge in [-0.1, -0.05) is 140 Å². The first-order valence-corrected chi connectivity index (χ1v) is 16.8. The van der Waals surface area contributed by atoms with Gasteiger partial charge in [0.15, 0.2) is 0 Å². The van der Waals surface area contributed by atoms with Crippen molar-refractivity contribution in [2.75, 3.05) is 0 Å². The summed E-state index contributed by atoms with van der Waals surface area (Å²) in [5.41, 5.74) is 11.7. The lowest BCUT2D eigenvalue weighted by atomic mass is 9.93. The lowest BCUT2D eigenvalue weighted by Gasteiger charge is -2.14. The van der Waals surface area contributed by atoms with E-state index in [0.29, 0.717) is 0 Å². The molecule has 0 fully saturated rings. The van der Waals surface area contributed by atoms with E-state index in [1.54, 1.807) is 0 Å². The van der Waals surface area contributed by atoms with Crippen LogP contribution in [0.25, 0.3) is 66.1 Å². The van der Waals surface area contributed by atoms with E-state index in [0.717, 1.165) is 78.0 Å². The summed E-state index contributed by atoms with van der Waals surface area (Å²) >= 11 is 0. The van der Waals surface area contributed by atoms with Gasteiger partial charge < -0.3 is 0 Å². The largest absolute Gasteiger partial charge is 0.255 e. The van der Waals surface area contributed by atoms with Crippen LogP contribution in [0.2, 0.25) is 0 Å². The SMILES string of the molecule is C=C1C=C(c2cccc(-c3ccccc3)c2)N=C(c2ccccn2)C=C1c1ccc(-c2nc3ccccc3c3c2ccc2ccccc23)cc1. The predicted octanol–water partition coefficient (Wildman–Crippen LogP) is 11.8. The molecule has 0 unspecified atom stereocenters. The van der Waals surface area contributed by atoms with Gasteiger partial charge in [-0.2, -0.15) is 0 Å². The van der Waals surface area contributed by atoms with Gasteiger partial charge in [0.2, 0.25) is 0 Å². The molecule has 0 bridgehead atoms. The van der Waals surface area contributed by atoms with Crippen LogP contribution in [-0.4, -0.2) is 15.7 Å². The van der Waals surface area contributed by atoms with Crippen LogP contribution in [0.1, 0.15) is 16.8 Å². The second-order valence-electron chi connectivity index (χ2n) is 12.5. The minimum absolute atomic E-state index is 0.786. The number of allylic oxidation sites excluding steroid dienone is 4. The monoisotopic (exact) mass is 637 g/mol. The Morgan fingerprint density at radius 2 is 1.20 bits per heavy atom. The molecule has 0 aliphatic carbocycles. The molecule has 2 aromatic heterocycles. The van der Waals surface area contributed by atoms with E-state index >= 15 is 0 Å². The fourth-order valence-electron chi connectivity index (χ4n) is 6.97. The molecule has 1 aliphatic heterocycles. The van der Waals surface area contributed by atoms with E-state index in [4.69, 9.17) is 9.98 Å². The van der Waals surface area contributed by atoms with E-state index < -0.39 is 0 Å². The van der Waals surface area contributed by atoms with Crippen LogP contribution in [0, 0.1) is 0 Å². The zero-order chi connectivity index (χ0) is 33.4. The fraction of sp³-hybridized carbons (Fsp3) is 0. The maximum atomic E-state index is 5.21. The Hall–Kier alpha value is -6.71. The molecule has 0 N–H and O–H groups in total. The quantitative estimate of drug-likeness (QED) is 0.176. The molecular weight excluding hydrogens is 607 g/mol. The molecule has 3 nitrogen and oxygen atoms in total. The van der Waals surface area contributed by atoms with Crippen LogP contribution in [0.15, 0.2) is 193 Å². The first-order valence-electron chi connectivity index (χ1n) is 16.8. The molecule has 0 saturated carbocycles. The summed E-state index contributed by atoms with van der Waals surface area (Å²) in [6.07, 6.45) is 6.01. The minimum atomic E-state index is 0.786. The van der Waals surface area contributed by atoms with Gasteiger partial charge in [0.25, 0.3) is 0 Å². The standard InChI is InChI=1S/C47H31N3/c1-31-28-44(37-16-11-15-36(29-37)32-12-3-2-4-13-32)49-45(43-20-9-10-27-48-43)30-41(31)34-21-23-35(24-22-34)47-40-26-25-33-14-5-6-17-38(33)46(40)39-18-7-8-19-42(39)50-47/h2-30H,1H2. The Bertz CT molecular complexity index is 2670. The summed E-state index contributed by atoms with van der Waals surface area (Å²) in [7, 11) is 0. The molecule has 6 aromatic carbocycles. The number of pyridine rings is 2. The second-order valence-corrected chi connectivity index (χ2v) is 12.5. The average molecular weight is 638 g/mol. The third-order valence-corrected chi connectivity index (χ3v) is 9.43. The third kappa shape index (κ3) is 5.32. The highest BCUT2D eigenvalue weighted by Gasteiger charge is 2.17. The van der Waals surface area contributed by atoms with Gasteiger partial charge in [-0.25, -0.2) is 9.98 Å². The highest BCUT2D eigenvalue weighted by molar-refractivity contribution is 6.22. The zero-order valence-electron chi connectivity index (χ0n) is 27.3. The number of hydrogen-bond donors (Lipinski definition) is 0. The Morgan fingerprint density at radius 3 is 2.04 bits per heavy atom. The van der Waals surface area contributed by atoms with Gasteiger partial charge >= 0.3 is 0 Å². The highest BCUT2D eigenvalue weighted by atomic mass is 14.8. The highest BCUT2D eigenvalue weighted by Crippen LogP contribution is 2.38. The van der Waals surface area contributed by atoms with E-state index in [1.165, 1.54) is 16.2 Å². The van der Waals surface area contributed by atoms with Crippen molar-refractivity contribution in [3.05, 3.63) is 205 Å². The molecule has 9 rings (SSSR count). The van der Waals surface area contributed by atoms with Crippen molar-refractivity contribution in [1.82, 2.24) is 9.97 Å². The molecule has 0 spiro atoms. The summed E-state index contributed by atoms with van der Waals surface area (Å²) in [5.74, 6) is 0. The smallest absolute Gasteiger partial charge is 0.0900 e. The number of hydrogen-bond acceptors (Lipinski definition) is 3. The summed E-state index contributed by atoms with van der Waals surface area (Å²) in [4.78, 5) is 15.1. The van der Waals surface area contributed by atoms with Crippen LogP contribution in [0.3, 0.4) is 0 Å². The summed E-state index contributed by atoms with van der Waals surface area (Å²) < 4.78 is 0. The number of fused-ring (bicyclic) bond motifs is 5. The van der Waals surface area contributed by atoms with Crippen molar-refractivity contribution in [2.45, 2.75) is 0 Å². The molecule has 0 atom stereocenters. The van der Waals surface area contributed by atoms with Crippen molar-refractivity contribution in [3.8, 4) is 22.4 Å². The third-order valence-electron chi connectivity index (χ3n) is 9.43. The van der Waals surface area contributed by atoms with Crippen molar-refractivity contribution in [3.63, 3.8) is 0 Å². The van der Waals surface area contributed by atoms with Gasteiger partial charge in [-0.3, -0.25) is 4.98 Å². The topological polar surface area (TPSA) is 38.1 Å². The lowest BCUT2D eigenvalue weighted by Crippen LogP contribution is -2.01. The van der Waals surface area contributed by atoms with E-state index in [1.807, 2.05) is 30.5 Å². The van der Waals surface area contributed by atoms with Gasteiger partial charge in [0, 0.05) is 33.5 Å². The number of benzene rings is 6. The Balaban J connectivity index is 1.15. The molecular formula is C47H31N3. The normalized spacial score (nSPS) is 13.2. The Labute approximate surface area is 291 Å². The number of aromatic nitrogens is 2. The molecule has 0 saturated heterocycles. The van der Waals surface area contributed by atoms with Gasteiger partial charge in [0.05, 0.1) is 28.3 Å². The maximum absolute atomic E-state index is 5.21.